The molecule has 4 aromatic rings. The molecular formula is C36H42F2N8O2S. The molecule has 0 radical (unpaired) electrons. The molecule has 0 atom stereocenters. The number of rotatable bonds is 14. The second-order valence-electron chi connectivity index (χ2n) is 12.1. The molecule has 13 heteroatoms. The van der Waals surface area contributed by atoms with E-state index in [-0.39, 0.29) is 24.2 Å². The zero-order valence-corrected chi connectivity index (χ0v) is 29.0. The van der Waals surface area contributed by atoms with Crippen LogP contribution in [-0.4, -0.2) is 78.8 Å². The molecule has 0 saturated carbocycles. The van der Waals surface area contributed by atoms with Gasteiger partial charge in [0.25, 0.3) is 5.91 Å². The Balaban J connectivity index is 1.51. The van der Waals surface area contributed by atoms with Gasteiger partial charge in [-0.05, 0) is 107 Å². The highest BCUT2D eigenvalue weighted by atomic mass is 32.2. The summed E-state index contributed by atoms with van der Waals surface area (Å²) < 4.78 is 32.5. The standard InChI is InChI=1S/C36H42F2N8O2S/c1-24-11-12-25(35(48)41-26-13-15-27(16-14-26)49-45-18-6-5-7-19-45)21-28(24)32-29(22-39-2)34(43-36(42-32)40-17-20-44(3)4)46(23-47)33-30(37)9-8-10-31(33)38/h8-16,21,23,39H,5-7,17-20,22H2,1-4H3,(H,41,48)(H,40,42,43). The summed E-state index contributed by atoms with van der Waals surface area (Å²) in [6.45, 7) is 5.29. The fourth-order valence-electron chi connectivity index (χ4n) is 5.56. The molecule has 10 nitrogen and oxygen atoms in total. The zero-order valence-electron chi connectivity index (χ0n) is 28.2. The fourth-order valence-corrected chi connectivity index (χ4v) is 6.55. The van der Waals surface area contributed by atoms with Crippen LogP contribution in [-0.2, 0) is 11.3 Å². The van der Waals surface area contributed by atoms with Gasteiger partial charge in [-0.3, -0.25) is 14.5 Å². The van der Waals surface area contributed by atoms with Crippen LogP contribution in [0.1, 0.15) is 40.7 Å². The number of hydrogen-bond acceptors (Lipinski definition) is 9. The average Bonchev–Trinajstić information content (AvgIpc) is 3.08. The van der Waals surface area contributed by atoms with Gasteiger partial charge in [-0.1, -0.05) is 18.6 Å². The van der Waals surface area contributed by atoms with Crippen molar-refractivity contribution in [3.05, 3.63) is 89.0 Å². The van der Waals surface area contributed by atoms with E-state index >= 15 is 8.78 Å². The molecule has 0 unspecified atom stereocenters. The maximum Gasteiger partial charge on any atom is 0.255 e. The van der Waals surface area contributed by atoms with Crippen LogP contribution in [0.4, 0.5) is 31.9 Å². The molecule has 2 amide bonds. The van der Waals surface area contributed by atoms with Crippen molar-refractivity contribution in [1.82, 2.24) is 24.5 Å². The summed E-state index contributed by atoms with van der Waals surface area (Å²) in [5, 5.41) is 9.23. The highest BCUT2D eigenvalue weighted by Gasteiger charge is 2.26. The Bertz CT molecular complexity index is 1750. The molecule has 3 aromatic carbocycles. The molecule has 3 N–H and O–H groups in total. The molecule has 1 aliphatic rings. The van der Waals surface area contributed by atoms with E-state index in [1.54, 1.807) is 31.1 Å². The number of para-hydroxylation sites is 1. The van der Waals surface area contributed by atoms with Gasteiger partial charge in [-0.2, -0.15) is 4.98 Å². The van der Waals surface area contributed by atoms with E-state index in [2.05, 4.69) is 25.2 Å². The van der Waals surface area contributed by atoms with Gasteiger partial charge in [0, 0.05) is 60.0 Å². The molecule has 2 heterocycles. The van der Waals surface area contributed by atoms with Gasteiger partial charge in [0.2, 0.25) is 12.4 Å². The van der Waals surface area contributed by atoms with Crippen molar-refractivity contribution in [3.63, 3.8) is 0 Å². The maximum atomic E-state index is 15.1. The minimum Gasteiger partial charge on any atom is -0.353 e. The minimum atomic E-state index is -0.919. The first-order chi connectivity index (χ1) is 23.7. The first-order valence-electron chi connectivity index (χ1n) is 16.3. The molecule has 0 spiro atoms. The van der Waals surface area contributed by atoms with E-state index < -0.39 is 17.3 Å². The summed E-state index contributed by atoms with van der Waals surface area (Å²) in [4.78, 5) is 39.5. The molecule has 1 fully saturated rings. The van der Waals surface area contributed by atoms with Crippen molar-refractivity contribution < 1.29 is 18.4 Å². The monoisotopic (exact) mass is 688 g/mol. The van der Waals surface area contributed by atoms with Gasteiger partial charge in [-0.15, -0.1) is 0 Å². The summed E-state index contributed by atoms with van der Waals surface area (Å²) in [6, 6.07) is 16.5. The number of nitrogens with zero attached hydrogens (tertiary/aromatic N) is 5. The number of piperidine rings is 1. The van der Waals surface area contributed by atoms with E-state index in [9.17, 15) is 9.59 Å². The fraction of sp³-hybridized carbons (Fsp3) is 0.333. The van der Waals surface area contributed by atoms with Crippen LogP contribution in [0.3, 0.4) is 0 Å². The summed E-state index contributed by atoms with van der Waals surface area (Å²) in [5.41, 5.74) is 2.72. The largest absolute Gasteiger partial charge is 0.353 e. The van der Waals surface area contributed by atoms with Crippen LogP contribution < -0.4 is 20.9 Å². The van der Waals surface area contributed by atoms with Crippen molar-refractivity contribution in [2.45, 2.75) is 37.6 Å². The number of aromatic nitrogens is 2. The Labute approximate surface area is 290 Å². The van der Waals surface area contributed by atoms with Gasteiger partial charge >= 0.3 is 0 Å². The Morgan fingerprint density at radius 1 is 1.00 bits per heavy atom. The Kier molecular flexibility index (Phi) is 12.3. The van der Waals surface area contributed by atoms with Crippen LogP contribution in [0.25, 0.3) is 11.3 Å². The number of benzene rings is 3. The topological polar surface area (TPSA) is 106 Å². The maximum absolute atomic E-state index is 15.1. The SMILES string of the molecule is CNCc1c(-c2cc(C(=O)Nc3ccc(SN4CCCCC4)cc3)ccc2C)nc(NCCN(C)C)nc1N(C=O)c1c(F)cccc1F. The molecule has 1 saturated heterocycles. The molecule has 1 aliphatic heterocycles. The zero-order chi connectivity index (χ0) is 34.9. The van der Waals surface area contributed by atoms with Crippen molar-refractivity contribution in [2.75, 3.05) is 62.9 Å². The summed E-state index contributed by atoms with van der Waals surface area (Å²) in [5.74, 6) is -1.99. The van der Waals surface area contributed by atoms with Gasteiger partial charge in [-0.25, -0.2) is 18.1 Å². The molecule has 1 aromatic heterocycles. The Morgan fingerprint density at radius 3 is 2.37 bits per heavy atom. The lowest BCUT2D eigenvalue weighted by Gasteiger charge is -2.25. The van der Waals surface area contributed by atoms with E-state index in [0.29, 0.717) is 47.6 Å². The third-order valence-corrected chi connectivity index (χ3v) is 9.22. The third kappa shape index (κ3) is 8.98. The molecular weight excluding hydrogens is 647 g/mol. The number of anilines is 4. The van der Waals surface area contributed by atoms with E-state index in [4.69, 9.17) is 4.98 Å². The second-order valence-corrected chi connectivity index (χ2v) is 13.3. The van der Waals surface area contributed by atoms with E-state index in [0.717, 1.165) is 40.6 Å². The smallest absolute Gasteiger partial charge is 0.255 e. The minimum absolute atomic E-state index is 0.00229. The number of halogens is 2. The number of likely N-dealkylation sites (N-methyl/N-ethyl adjacent to an activating group) is 1. The van der Waals surface area contributed by atoms with Crippen molar-refractivity contribution >= 4 is 47.4 Å². The van der Waals surface area contributed by atoms with Crippen molar-refractivity contribution in [2.24, 2.45) is 0 Å². The second kappa shape index (κ2) is 16.8. The predicted octanol–water partition coefficient (Wildman–Crippen LogP) is 6.46. The van der Waals surface area contributed by atoms with Gasteiger partial charge in [0.05, 0.1) is 5.69 Å². The van der Waals surface area contributed by atoms with Crippen molar-refractivity contribution in [3.8, 4) is 11.3 Å². The Hall–Kier alpha value is -4.43. The lowest BCUT2D eigenvalue weighted by Crippen LogP contribution is -2.25. The molecule has 0 bridgehead atoms. The molecule has 258 valence electrons. The van der Waals surface area contributed by atoms with Gasteiger partial charge in [0.1, 0.15) is 17.3 Å². The molecule has 5 rings (SSSR count). The van der Waals surface area contributed by atoms with Crippen LogP contribution in [0.15, 0.2) is 65.6 Å². The van der Waals surface area contributed by atoms with Crippen molar-refractivity contribution in [1.29, 1.82) is 0 Å². The highest BCUT2D eigenvalue weighted by Crippen LogP contribution is 2.37. The number of aryl methyl sites for hydroxylation is 1. The van der Waals surface area contributed by atoms with Crippen LogP contribution in [0.5, 0.6) is 0 Å². The van der Waals surface area contributed by atoms with Crippen LogP contribution in [0.2, 0.25) is 0 Å². The number of carbonyl (C=O) groups excluding carboxylic acids is 2. The first-order valence-corrected chi connectivity index (χ1v) is 17.0. The van der Waals surface area contributed by atoms with Gasteiger partial charge < -0.3 is 20.9 Å². The first kappa shape index (κ1) is 35.9. The normalized spacial score (nSPS) is 13.4. The number of carbonyl (C=O) groups is 2. The quantitative estimate of drug-likeness (QED) is 0.102. The number of amides is 2. The van der Waals surface area contributed by atoms with Crippen LogP contribution >= 0.6 is 11.9 Å². The lowest BCUT2D eigenvalue weighted by atomic mass is 9.98. The number of hydrogen-bond donors (Lipinski definition) is 3. The molecule has 49 heavy (non-hydrogen) atoms. The summed E-state index contributed by atoms with van der Waals surface area (Å²) >= 11 is 1.74. The highest BCUT2D eigenvalue weighted by molar-refractivity contribution is 7.97. The van der Waals surface area contributed by atoms with Crippen LogP contribution in [0, 0.1) is 18.6 Å². The predicted molar refractivity (Wildman–Crippen MR) is 192 cm³/mol. The molecule has 0 aliphatic carbocycles. The van der Waals surface area contributed by atoms with E-state index in [1.807, 2.05) is 56.3 Å². The third-order valence-electron chi connectivity index (χ3n) is 8.11. The summed E-state index contributed by atoms with van der Waals surface area (Å²) in [6.07, 6.45) is 4.03. The average molecular weight is 689 g/mol. The summed E-state index contributed by atoms with van der Waals surface area (Å²) in [7, 11) is 5.56. The van der Waals surface area contributed by atoms with Gasteiger partial charge in [0.15, 0.2) is 5.82 Å². The number of nitrogens with one attached hydrogen (secondary N) is 3. The van der Waals surface area contributed by atoms with E-state index in [1.165, 1.54) is 25.3 Å². The lowest BCUT2D eigenvalue weighted by molar-refractivity contribution is -0.106. The Morgan fingerprint density at radius 2 is 1.71 bits per heavy atom.